The van der Waals surface area contributed by atoms with Gasteiger partial charge in [0, 0.05) is 31.5 Å². The number of nitrogens with zero attached hydrogens (tertiary/aromatic N) is 2. The van der Waals surface area contributed by atoms with E-state index in [2.05, 4.69) is 72.0 Å². The summed E-state index contributed by atoms with van der Waals surface area (Å²) in [5.74, 6) is 1.55. The number of rotatable bonds is 5. The molecule has 3 aromatic rings. The third-order valence-corrected chi connectivity index (χ3v) is 6.03. The highest BCUT2D eigenvalue weighted by atomic mass is 16.5. The summed E-state index contributed by atoms with van der Waals surface area (Å²) in [6.45, 7) is 7.35. The fourth-order valence-corrected chi connectivity index (χ4v) is 4.34. The van der Waals surface area contributed by atoms with E-state index in [1.165, 1.54) is 27.9 Å². The third kappa shape index (κ3) is 3.90. The molecule has 0 amide bonds. The molecule has 2 aromatic carbocycles. The van der Waals surface area contributed by atoms with Crippen LogP contribution < -0.4 is 9.47 Å². The molecule has 1 atom stereocenters. The molecular weight excluding hydrogens is 360 g/mol. The van der Waals surface area contributed by atoms with Crippen LogP contribution >= 0.6 is 0 Å². The van der Waals surface area contributed by atoms with E-state index in [1.54, 1.807) is 14.2 Å². The maximum Gasteiger partial charge on any atom is 0.161 e. The van der Waals surface area contributed by atoms with Crippen LogP contribution in [0.3, 0.4) is 0 Å². The number of ether oxygens (including phenoxy) is 2. The van der Waals surface area contributed by atoms with E-state index in [1.807, 2.05) is 6.07 Å². The van der Waals surface area contributed by atoms with Crippen LogP contribution in [0.2, 0.25) is 0 Å². The van der Waals surface area contributed by atoms with Crippen LogP contribution in [0.1, 0.15) is 40.4 Å². The number of benzene rings is 2. The Morgan fingerprint density at radius 2 is 1.72 bits per heavy atom. The van der Waals surface area contributed by atoms with Crippen LogP contribution in [-0.2, 0) is 13.1 Å². The Labute approximate surface area is 173 Å². The number of aryl methyl sites for hydroxylation is 3. The van der Waals surface area contributed by atoms with E-state index >= 15 is 0 Å². The van der Waals surface area contributed by atoms with Gasteiger partial charge in [0.1, 0.15) is 0 Å². The first-order chi connectivity index (χ1) is 14.1. The van der Waals surface area contributed by atoms with Crippen LogP contribution in [0.15, 0.2) is 54.7 Å². The molecule has 1 aromatic heterocycles. The molecule has 0 fully saturated rings. The lowest BCUT2D eigenvalue weighted by molar-refractivity contribution is 0.220. The van der Waals surface area contributed by atoms with Crippen molar-refractivity contribution in [3.8, 4) is 11.5 Å². The Bertz CT molecular complexity index is 992. The minimum Gasteiger partial charge on any atom is -0.493 e. The smallest absolute Gasteiger partial charge is 0.161 e. The second-order valence-corrected chi connectivity index (χ2v) is 7.89. The average molecular weight is 391 g/mol. The van der Waals surface area contributed by atoms with Crippen molar-refractivity contribution in [1.29, 1.82) is 0 Å². The minimum absolute atomic E-state index is 0.236. The molecule has 0 saturated carbocycles. The summed E-state index contributed by atoms with van der Waals surface area (Å²) in [6, 6.07) is 17.8. The lowest BCUT2D eigenvalue weighted by Crippen LogP contribution is -2.29. The normalized spacial score (nSPS) is 16.9. The van der Waals surface area contributed by atoms with E-state index in [4.69, 9.17) is 9.47 Å². The van der Waals surface area contributed by atoms with Gasteiger partial charge in [0.2, 0.25) is 0 Å². The first kappa shape index (κ1) is 19.6. The van der Waals surface area contributed by atoms with Gasteiger partial charge in [-0.15, -0.1) is 0 Å². The van der Waals surface area contributed by atoms with Gasteiger partial charge in [-0.25, -0.2) is 0 Å². The van der Waals surface area contributed by atoms with Gasteiger partial charge in [0.25, 0.3) is 0 Å². The monoisotopic (exact) mass is 390 g/mol. The summed E-state index contributed by atoms with van der Waals surface area (Å²) in [5.41, 5.74) is 6.64. The standard InChI is InChI=1S/C25H30N2O2/c1-18-8-10-21(15-19(18)2)25-22-7-5-12-26(22)13-6-14-27(25)17-20-9-11-23(28-3)24(16-20)29-4/h5,7-12,15-16,25H,6,13-14,17H2,1-4H3. The molecule has 4 rings (SSSR count). The van der Waals surface area contributed by atoms with Gasteiger partial charge < -0.3 is 14.0 Å². The Hall–Kier alpha value is -2.72. The molecule has 1 aliphatic heterocycles. The molecular formula is C25H30N2O2. The number of fused-ring (bicyclic) bond motifs is 1. The largest absolute Gasteiger partial charge is 0.493 e. The van der Waals surface area contributed by atoms with E-state index < -0.39 is 0 Å². The van der Waals surface area contributed by atoms with Crippen molar-refractivity contribution in [1.82, 2.24) is 9.47 Å². The Kier molecular flexibility index (Phi) is 5.63. The summed E-state index contributed by atoms with van der Waals surface area (Å²) in [4.78, 5) is 2.59. The maximum absolute atomic E-state index is 5.53. The van der Waals surface area contributed by atoms with Crippen molar-refractivity contribution >= 4 is 0 Å². The molecule has 4 nitrogen and oxygen atoms in total. The maximum atomic E-state index is 5.53. The first-order valence-electron chi connectivity index (χ1n) is 10.3. The zero-order valence-corrected chi connectivity index (χ0v) is 17.8. The fraction of sp³-hybridized carbons (Fsp3) is 0.360. The Balaban J connectivity index is 1.73. The predicted octanol–water partition coefficient (Wildman–Crippen LogP) is 5.12. The highest BCUT2D eigenvalue weighted by Gasteiger charge is 2.27. The van der Waals surface area contributed by atoms with Gasteiger partial charge in [-0.2, -0.15) is 0 Å². The number of methoxy groups -OCH3 is 2. The van der Waals surface area contributed by atoms with E-state index in [0.717, 1.165) is 37.6 Å². The highest BCUT2D eigenvalue weighted by Crippen LogP contribution is 2.35. The second-order valence-electron chi connectivity index (χ2n) is 7.89. The Morgan fingerprint density at radius 3 is 2.48 bits per heavy atom. The molecule has 0 bridgehead atoms. The summed E-state index contributed by atoms with van der Waals surface area (Å²) < 4.78 is 13.3. The van der Waals surface area contributed by atoms with Crippen LogP contribution in [0.5, 0.6) is 11.5 Å². The molecule has 4 heteroatoms. The van der Waals surface area contributed by atoms with Crippen molar-refractivity contribution in [2.75, 3.05) is 20.8 Å². The number of hydrogen-bond donors (Lipinski definition) is 0. The van der Waals surface area contributed by atoms with Crippen LogP contribution in [0.25, 0.3) is 0 Å². The molecule has 0 N–H and O–H groups in total. The molecule has 1 unspecified atom stereocenters. The molecule has 1 aliphatic rings. The minimum atomic E-state index is 0.236. The molecule has 29 heavy (non-hydrogen) atoms. The molecule has 0 saturated heterocycles. The van der Waals surface area contributed by atoms with Crippen molar-refractivity contribution in [3.05, 3.63) is 82.7 Å². The average Bonchev–Trinajstić information content (AvgIpc) is 3.11. The molecule has 0 radical (unpaired) electrons. The third-order valence-electron chi connectivity index (χ3n) is 6.03. The van der Waals surface area contributed by atoms with Gasteiger partial charge in [0.05, 0.1) is 20.3 Å². The summed E-state index contributed by atoms with van der Waals surface area (Å²) in [6.07, 6.45) is 3.35. The lowest BCUT2D eigenvalue weighted by Gasteiger charge is -2.31. The number of aromatic nitrogens is 1. The zero-order chi connectivity index (χ0) is 20.4. The van der Waals surface area contributed by atoms with Crippen LogP contribution in [0.4, 0.5) is 0 Å². The first-order valence-corrected chi connectivity index (χ1v) is 10.3. The lowest BCUT2D eigenvalue weighted by atomic mass is 9.97. The highest BCUT2D eigenvalue weighted by molar-refractivity contribution is 5.43. The van der Waals surface area contributed by atoms with E-state index in [0.29, 0.717) is 0 Å². The molecule has 152 valence electrons. The zero-order valence-electron chi connectivity index (χ0n) is 17.8. The SMILES string of the molecule is COc1ccc(CN2CCCn3cccc3C2c2ccc(C)c(C)c2)cc1OC. The van der Waals surface area contributed by atoms with Crippen molar-refractivity contribution < 1.29 is 9.47 Å². The molecule has 0 spiro atoms. The van der Waals surface area contributed by atoms with Gasteiger partial charge in [-0.05, 0) is 66.8 Å². The van der Waals surface area contributed by atoms with Gasteiger partial charge in [0.15, 0.2) is 11.5 Å². The van der Waals surface area contributed by atoms with Crippen molar-refractivity contribution in [2.45, 2.75) is 39.4 Å². The topological polar surface area (TPSA) is 26.6 Å². The second kappa shape index (κ2) is 8.34. The summed E-state index contributed by atoms with van der Waals surface area (Å²) in [5, 5.41) is 0. The fourth-order valence-electron chi connectivity index (χ4n) is 4.34. The Morgan fingerprint density at radius 1 is 0.897 bits per heavy atom. The van der Waals surface area contributed by atoms with Gasteiger partial charge >= 0.3 is 0 Å². The van der Waals surface area contributed by atoms with Gasteiger partial charge in [-0.1, -0.05) is 24.3 Å². The van der Waals surface area contributed by atoms with Crippen molar-refractivity contribution in [3.63, 3.8) is 0 Å². The van der Waals surface area contributed by atoms with Crippen LogP contribution in [0, 0.1) is 13.8 Å². The predicted molar refractivity (Wildman–Crippen MR) is 117 cm³/mol. The molecule has 0 aliphatic carbocycles. The summed E-state index contributed by atoms with van der Waals surface area (Å²) >= 11 is 0. The molecule has 2 heterocycles. The summed E-state index contributed by atoms with van der Waals surface area (Å²) in [7, 11) is 3.37. The van der Waals surface area contributed by atoms with Crippen molar-refractivity contribution in [2.24, 2.45) is 0 Å². The van der Waals surface area contributed by atoms with Gasteiger partial charge in [-0.3, -0.25) is 4.90 Å². The van der Waals surface area contributed by atoms with E-state index in [9.17, 15) is 0 Å². The quantitative estimate of drug-likeness (QED) is 0.605. The van der Waals surface area contributed by atoms with E-state index in [-0.39, 0.29) is 6.04 Å². The number of hydrogen-bond acceptors (Lipinski definition) is 3. The van der Waals surface area contributed by atoms with Crippen LogP contribution in [-0.4, -0.2) is 30.2 Å².